The lowest BCUT2D eigenvalue weighted by Gasteiger charge is -2.06. The van der Waals surface area contributed by atoms with E-state index >= 15 is 0 Å². The minimum Gasteiger partial charge on any atom is -0.461 e. The fourth-order valence-electron chi connectivity index (χ4n) is 1.72. The van der Waals surface area contributed by atoms with Gasteiger partial charge in [-0.2, -0.15) is 0 Å². The molecule has 0 aliphatic rings. The van der Waals surface area contributed by atoms with E-state index in [-0.39, 0.29) is 5.97 Å². The number of benzene rings is 1. The molecule has 0 bridgehead atoms. The first-order valence-electron chi connectivity index (χ1n) is 6.92. The summed E-state index contributed by atoms with van der Waals surface area (Å²) in [6.07, 6.45) is 3.55. The van der Waals surface area contributed by atoms with E-state index in [1.165, 1.54) is 11.1 Å². The highest BCUT2D eigenvalue weighted by molar-refractivity contribution is 5.69. The van der Waals surface area contributed by atoms with E-state index in [0.717, 1.165) is 24.8 Å². The van der Waals surface area contributed by atoms with Crippen molar-refractivity contribution < 1.29 is 9.53 Å². The molecule has 104 valence electrons. The number of carbonyl (C=O) groups is 1. The molecule has 0 N–H and O–H groups in total. The maximum Gasteiger partial charge on any atom is 0.306 e. The SMILES string of the molecule is CC(C)=C(C)CCCCC(=O)OCc1ccccc1. The van der Waals surface area contributed by atoms with Crippen molar-refractivity contribution in [2.75, 3.05) is 0 Å². The molecule has 1 rings (SSSR count). The Morgan fingerprint density at radius 1 is 1.00 bits per heavy atom. The van der Waals surface area contributed by atoms with Gasteiger partial charge in [-0.1, -0.05) is 41.5 Å². The molecular weight excluding hydrogens is 236 g/mol. The maximum absolute atomic E-state index is 11.6. The summed E-state index contributed by atoms with van der Waals surface area (Å²) in [6.45, 7) is 6.79. The van der Waals surface area contributed by atoms with Crippen LogP contribution in [0.2, 0.25) is 0 Å². The Balaban J connectivity index is 2.14. The van der Waals surface area contributed by atoms with Crippen LogP contribution in [0, 0.1) is 0 Å². The lowest BCUT2D eigenvalue weighted by molar-refractivity contribution is -0.145. The van der Waals surface area contributed by atoms with Gasteiger partial charge in [0.05, 0.1) is 0 Å². The highest BCUT2D eigenvalue weighted by Gasteiger charge is 2.03. The number of rotatable bonds is 7. The third kappa shape index (κ3) is 6.80. The first-order chi connectivity index (χ1) is 9.09. The molecule has 0 aromatic heterocycles. The zero-order valence-electron chi connectivity index (χ0n) is 12.2. The highest BCUT2D eigenvalue weighted by atomic mass is 16.5. The summed E-state index contributed by atoms with van der Waals surface area (Å²) in [5, 5.41) is 0. The average molecular weight is 260 g/mol. The van der Waals surface area contributed by atoms with Crippen molar-refractivity contribution in [1.82, 2.24) is 0 Å². The van der Waals surface area contributed by atoms with Crippen LogP contribution in [0.25, 0.3) is 0 Å². The van der Waals surface area contributed by atoms with Crippen LogP contribution < -0.4 is 0 Å². The van der Waals surface area contributed by atoms with E-state index in [2.05, 4.69) is 20.8 Å². The first kappa shape index (κ1) is 15.5. The van der Waals surface area contributed by atoms with Crippen molar-refractivity contribution in [2.45, 2.75) is 53.1 Å². The lowest BCUT2D eigenvalue weighted by atomic mass is 10.1. The van der Waals surface area contributed by atoms with E-state index < -0.39 is 0 Å². The lowest BCUT2D eigenvalue weighted by Crippen LogP contribution is -2.04. The Morgan fingerprint density at radius 2 is 1.63 bits per heavy atom. The molecule has 19 heavy (non-hydrogen) atoms. The fraction of sp³-hybridized carbons (Fsp3) is 0.471. The molecule has 0 fully saturated rings. The average Bonchev–Trinajstić information content (AvgIpc) is 2.42. The zero-order valence-corrected chi connectivity index (χ0v) is 12.2. The second-order valence-electron chi connectivity index (χ2n) is 5.13. The maximum atomic E-state index is 11.6. The van der Waals surface area contributed by atoms with Gasteiger partial charge in [-0.05, 0) is 45.6 Å². The van der Waals surface area contributed by atoms with Gasteiger partial charge in [-0.3, -0.25) is 4.79 Å². The van der Waals surface area contributed by atoms with Crippen molar-refractivity contribution in [1.29, 1.82) is 0 Å². The number of hydrogen-bond donors (Lipinski definition) is 0. The van der Waals surface area contributed by atoms with Crippen molar-refractivity contribution in [3.8, 4) is 0 Å². The predicted molar refractivity (Wildman–Crippen MR) is 78.8 cm³/mol. The van der Waals surface area contributed by atoms with Gasteiger partial charge >= 0.3 is 5.97 Å². The summed E-state index contributed by atoms with van der Waals surface area (Å²) >= 11 is 0. The Hall–Kier alpha value is -1.57. The van der Waals surface area contributed by atoms with E-state index in [0.29, 0.717) is 13.0 Å². The number of carbonyl (C=O) groups excluding carboxylic acids is 1. The van der Waals surface area contributed by atoms with Gasteiger partial charge in [0.25, 0.3) is 0 Å². The van der Waals surface area contributed by atoms with Crippen LogP contribution >= 0.6 is 0 Å². The second kappa shape index (κ2) is 8.52. The third-order valence-corrected chi connectivity index (χ3v) is 3.28. The third-order valence-electron chi connectivity index (χ3n) is 3.28. The highest BCUT2D eigenvalue weighted by Crippen LogP contribution is 2.12. The van der Waals surface area contributed by atoms with Gasteiger partial charge < -0.3 is 4.74 Å². The Morgan fingerprint density at radius 3 is 2.26 bits per heavy atom. The van der Waals surface area contributed by atoms with Crippen molar-refractivity contribution in [3.63, 3.8) is 0 Å². The molecule has 0 radical (unpaired) electrons. The molecule has 1 aromatic carbocycles. The largest absolute Gasteiger partial charge is 0.461 e. The van der Waals surface area contributed by atoms with Crippen LogP contribution in [0.3, 0.4) is 0 Å². The molecule has 0 spiro atoms. The summed E-state index contributed by atoms with van der Waals surface area (Å²) in [6, 6.07) is 9.78. The molecule has 2 heteroatoms. The molecule has 0 aliphatic heterocycles. The van der Waals surface area contributed by atoms with Gasteiger partial charge in [-0.15, -0.1) is 0 Å². The summed E-state index contributed by atoms with van der Waals surface area (Å²) in [4.78, 5) is 11.6. The van der Waals surface area contributed by atoms with E-state index in [9.17, 15) is 4.79 Å². The van der Waals surface area contributed by atoms with E-state index in [4.69, 9.17) is 4.74 Å². The van der Waals surface area contributed by atoms with Gasteiger partial charge in [0, 0.05) is 6.42 Å². The van der Waals surface area contributed by atoms with Crippen molar-refractivity contribution in [3.05, 3.63) is 47.0 Å². The summed E-state index contributed by atoms with van der Waals surface area (Å²) in [5.74, 6) is -0.0984. The molecule has 0 atom stereocenters. The van der Waals surface area contributed by atoms with Crippen LogP contribution in [-0.4, -0.2) is 5.97 Å². The molecule has 0 heterocycles. The van der Waals surface area contributed by atoms with Crippen LogP contribution in [0.5, 0.6) is 0 Å². The van der Waals surface area contributed by atoms with Crippen LogP contribution in [-0.2, 0) is 16.1 Å². The molecular formula is C17H24O2. The van der Waals surface area contributed by atoms with Crippen LogP contribution in [0.4, 0.5) is 0 Å². The van der Waals surface area contributed by atoms with Crippen LogP contribution in [0.15, 0.2) is 41.5 Å². The normalized spacial score (nSPS) is 10.1. The predicted octanol–water partition coefficient (Wildman–Crippen LogP) is 4.65. The van der Waals surface area contributed by atoms with E-state index in [1.807, 2.05) is 30.3 Å². The Labute approximate surface area is 116 Å². The smallest absolute Gasteiger partial charge is 0.306 e. The van der Waals surface area contributed by atoms with Gasteiger partial charge in [0.2, 0.25) is 0 Å². The minimum atomic E-state index is -0.0984. The monoisotopic (exact) mass is 260 g/mol. The first-order valence-corrected chi connectivity index (χ1v) is 6.92. The quantitative estimate of drug-likeness (QED) is 0.405. The number of hydrogen-bond acceptors (Lipinski definition) is 2. The van der Waals surface area contributed by atoms with Gasteiger partial charge in [-0.25, -0.2) is 0 Å². The number of esters is 1. The van der Waals surface area contributed by atoms with Crippen molar-refractivity contribution >= 4 is 5.97 Å². The van der Waals surface area contributed by atoms with Gasteiger partial charge in [0.1, 0.15) is 6.61 Å². The standard InChI is InChI=1S/C17H24O2/c1-14(2)15(3)9-7-8-12-17(18)19-13-16-10-5-4-6-11-16/h4-6,10-11H,7-9,12-13H2,1-3H3. The summed E-state index contributed by atoms with van der Waals surface area (Å²) < 4.78 is 5.23. The number of unbranched alkanes of at least 4 members (excludes halogenated alkanes) is 1. The molecule has 2 nitrogen and oxygen atoms in total. The van der Waals surface area contributed by atoms with Crippen LogP contribution in [0.1, 0.15) is 52.0 Å². The van der Waals surface area contributed by atoms with Gasteiger partial charge in [0.15, 0.2) is 0 Å². The molecule has 0 amide bonds. The van der Waals surface area contributed by atoms with Crippen molar-refractivity contribution in [2.24, 2.45) is 0 Å². The zero-order chi connectivity index (χ0) is 14.1. The fourth-order valence-corrected chi connectivity index (χ4v) is 1.72. The topological polar surface area (TPSA) is 26.3 Å². The Bertz CT molecular complexity index is 414. The summed E-state index contributed by atoms with van der Waals surface area (Å²) in [5.41, 5.74) is 3.85. The minimum absolute atomic E-state index is 0.0984. The molecule has 0 aliphatic carbocycles. The Kier molecular flexibility index (Phi) is 6.94. The summed E-state index contributed by atoms with van der Waals surface area (Å²) in [7, 11) is 0. The molecule has 0 saturated carbocycles. The number of allylic oxidation sites excluding steroid dienone is 2. The number of ether oxygens (including phenoxy) is 1. The second-order valence-corrected chi connectivity index (χ2v) is 5.13. The molecule has 0 saturated heterocycles. The molecule has 1 aromatic rings. The molecule has 0 unspecified atom stereocenters. The van der Waals surface area contributed by atoms with E-state index in [1.54, 1.807) is 0 Å².